The van der Waals surface area contributed by atoms with Crippen molar-refractivity contribution in [3.05, 3.63) is 298 Å². The summed E-state index contributed by atoms with van der Waals surface area (Å²) in [5.74, 6) is 3.81. The third-order valence-electron chi connectivity index (χ3n) is 19.2. The molecule has 0 bridgehead atoms. The first-order valence-corrected chi connectivity index (χ1v) is 30.5. The molecule has 9 unspecified atom stereocenters. The molecule has 0 N–H and O–H groups in total. The van der Waals surface area contributed by atoms with Crippen molar-refractivity contribution in [3.63, 3.8) is 0 Å². The van der Waals surface area contributed by atoms with Crippen LogP contribution in [0.1, 0.15) is 128 Å². The van der Waals surface area contributed by atoms with Crippen molar-refractivity contribution < 1.29 is 4.74 Å². The van der Waals surface area contributed by atoms with E-state index in [9.17, 15) is 0 Å². The second-order valence-electron chi connectivity index (χ2n) is 24.1. The number of fused-ring (bicyclic) bond motifs is 6. The van der Waals surface area contributed by atoms with Gasteiger partial charge in [-0.1, -0.05) is 215 Å². The first-order valence-electron chi connectivity index (χ1n) is 30.5. The number of hydrogen-bond acceptors (Lipinski definition) is 2. The summed E-state index contributed by atoms with van der Waals surface area (Å²) in [5.41, 5.74) is 16.0. The number of allylic oxidation sites excluding steroid dienone is 21. The Morgan fingerprint density at radius 3 is 2.28 bits per heavy atom. The highest BCUT2D eigenvalue weighted by molar-refractivity contribution is 5.86. The number of aromatic nitrogens is 1. The summed E-state index contributed by atoms with van der Waals surface area (Å²) in [6, 6.07) is 40.0. The molecule has 5 aromatic rings. The monoisotopic (exact) mass is 1060 g/mol. The van der Waals surface area contributed by atoms with Gasteiger partial charge in [0.15, 0.2) is 0 Å². The van der Waals surface area contributed by atoms with Gasteiger partial charge in [0.2, 0.25) is 0 Å². The first-order chi connectivity index (χ1) is 39.9. The Hall–Kier alpha value is -7.88. The van der Waals surface area contributed by atoms with E-state index >= 15 is 0 Å². The van der Waals surface area contributed by atoms with E-state index < -0.39 is 0 Å². The Morgan fingerprint density at radius 2 is 1.53 bits per heavy atom. The van der Waals surface area contributed by atoms with Gasteiger partial charge in [-0.15, -0.1) is 6.58 Å². The zero-order valence-corrected chi connectivity index (χ0v) is 47.3. The lowest BCUT2D eigenvalue weighted by molar-refractivity contribution is 0.173. The molecule has 13 rings (SSSR count). The van der Waals surface area contributed by atoms with Gasteiger partial charge in [0.1, 0.15) is 5.76 Å². The van der Waals surface area contributed by atoms with E-state index in [1.54, 1.807) is 0 Å². The predicted molar refractivity (Wildman–Crippen MR) is 341 cm³/mol. The van der Waals surface area contributed by atoms with Crippen molar-refractivity contribution in [3.8, 4) is 0 Å². The number of benzene rings is 4. The first kappa shape index (κ1) is 52.5. The lowest BCUT2D eigenvalue weighted by atomic mass is 9.64. The third-order valence-corrected chi connectivity index (χ3v) is 19.2. The van der Waals surface area contributed by atoms with Crippen LogP contribution in [0.25, 0.3) is 23.8 Å². The van der Waals surface area contributed by atoms with Gasteiger partial charge in [0, 0.05) is 62.1 Å². The van der Waals surface area contributed by atoms with Crippen molar-refractivity contribution in [2.24, 2.45) is 29.6 Å². The van der Waals surface area contributed by atoms with Crippen LogP contribution in [-0.4, -0.2) is 11.2 Å². The van der Waals surface area contributed by atoms with Crippen molar-refractivity contribution in [1.82, 2.24) is 4.57 Å². The molecule has 81 heavy (non-hydrogen) atoms. The van der Waals surface area contributed by atoms with E-state index in [1.807, 2.05) is 12.2 Å². The molecular weight excluding hydrogens is 981 g/mol. The summed E-state index contributed by atoms with van der Waals surface area (Å²) in [4.78, 5) is 2.55. The van der Waals surface area contributed by atoms with Gasteiger partial charge >= 0.3 is 0 Å². The number of unbranched alkanes of at least 4 members (excludes halogenated alkanes) is 1. The van der Waals surface area contributed by atoms with Crippen LogP contribution >= 0.6 is 0 Å². The van der Waals surface area contributed by atoms with Crippen molar-refractivity contribution in [1.29, 1.82) is 0 Å². The highest BCUT2D eigenvalue weighted by atomic mass is 16.5. The fourth-order valence-electron chi connectivity index (χ4n) is 14.9. The molecule has 4 aromatic carbocycles. The zero-order valence-electron chi connectivity index (χ0n) is 47.3. The fourth-order valence-corrected chi connectivity index (χ4v) is 14.9. The molecule has 3 heteroatoms. The number of anilines is 2. The van der Waals surface area contributed by atoms with E-state index in [2.05, 4.69) is 254 Å². The molecule has 1 aromatic heterocycles. The Balaban J connectivity index is 0.842. The van der Waals surface area contributed by atoms with Gasteiger partial charge in [-0.05, 0) is 169 Å². The molecular formula is C78H78N2O. The van der Waals surface area contributed by atoms with Gasteiger partial charge < -0.3 is 14.2 Å². The molecule has 8 aliphatic rings. The zero-order chi connectivity index (χ0) is 54.7. The normalized spacial score (nSPS) is 25.9. The minimum Gasteiger partial charge on any atom is -0.494 e. The summed E-state index contributed by atoms with van der Waals surface area (Å²) in [5, 5.41) is 2.85. The lowest BCUT2D eigenvalue weighted by Crippen LogP contribution is -2.36. The van der Waals surface area contributed by atoms with E-state index in [0.29, 0.717) is 47.5 Å². The molecule has 0 spiro atoms. The SMILES string of the molecule is C=CC1=CCC(C2C=c3c4c(n(C5C=CC=CC5)c3=CC2)CCC(c2ccc(N(C3=CCC(c5ccccc5)C=C3)c3ccc5c(c3)C(CCCCC(C)COC3=CCC(C=C)C=C3)(c3ccccc3)C3C=CC=CC53)cc2)=C4)C=C1. The summed E-state index contributed by atoms with van der Waals surface area (Å²) in [6.45, 7) is 11.1. The molecule has 0 amide bonds. The van der Waals surface area contributed by atoms with Gasteiger partial charge in [0.05, 0.1) is 12.6 Å². The molecule has 8 aliphatic carbocycles. The predicted octanol–water partition coefficient (Wildman–Crippen LogP) is 18.1. The van der Waals surface area contributed by atoms with Crippen LogP contribution in [0.5, 0.6) is 0 Å². The van der Waals surface area contributed by atoms with Crippen LogP contribution in [0.15, 0.2) is 249 Å². The molecule has 3 nitrogen and oxygen atoms in total. The van der Waals surface area contributed by atoms with Crippen LogP contribution in [0.4, 0.5) is 11.4 Å². The largest absolute Gasteiger partial charge is 0.494 e. The molecule has 9 atom stereocenters. The smallest absolute Gasteiger partial charge is 0.115 e. The van der Waals surface area contributed by atoms with Crippen LogP contribution in [0.2, 0.25) is 0 Å². The second-order valence-corrected chi connectivity index (χ2v) is 24.1. The Kier molecular flexibility index (Phi) is 15.1. The Labute approximate surface area is 482 Å². The maximum Gasteiger partial charge on any atom is 0.115 e. The molecule has 0 radical (unpaired) electrons. The van der Waals surface area contributed by atoms with Gasteiger partial charge in [-0.25, -0.2) is 0 Å². The Morgan fingerprint density at radius 1 is 0.716 bits per heavy atom. The van der Waals surface area contributed by atoms with E-state index in [0.717, 1.165) is 83.0 Å². The number of ether oxygens (including phenoxy) is 1. The summed E-state index contributed by atoms with van der Waals surface area (Å²) in [7, 11) is 0. The summed E-state index contributed by atoms with van der Waals surface area (Å²) >= 11 is 0. The molecule has 1 heterocycles. The van der Waals surface area contributed by atoms with Crippen molar-refractivity contribution in [2.45, 2.75) is 101 Å². The fraction of sp³-hybridized carbons (Fsp3) is 0.282. The number of nitrogens with zero attached hydrogens (tertiary/aromatic N) is 2. The number of hydrogen-bond donors (Lipinski definition) is 0. The second kappa shape index (κ2) is 23.3. The molecule has 0 fully saturated rings. The van der Waals surface area contributed by atoms with Gasteiger partial charge in [0.25, 0.3) is 0 Å². The van der Waals surface area contributed by atoms with Crippen molar-refractivity contribution in [2.75, 3.05) is 11.5 Å². The number of rotatable bonds is 18. The highest BCUT2D eigenvalue weighted by Gasteiger charge is 2.51. The third kappa shape index (κ3) is 10.3. The van der Waals surface area contributed by atoms with Crippen LogP contribution in [0, 0.1) is 29.6 Å². The maximum atomic E-state index is 6.33. The van der Waals surface area contributed by atoms with E-state index in [4.69, 9.17) is 4.74 Å². The van der Waals surface area contributed by atoms with E-state index in [-0.39, 0.29) is 5.41 Å². The molecule has 0 saturated heterocycles. The Bertz CT molecular complexity index is 3670. The average Bonchev–Trinajstić information content (AvgIpc) is 3.88. The quantitative estimate of drug-likeness (QED) is 0.0643. The molecule has 406 valence electrons. The minimum atomic E-state index is -0.189. The lowest BCUT2D eigenvalue weighted by Gasteiger charge is -2.39. The van der Waals surface area contributed by atoms with Crippen LogP contribution in [-0.2, 0) is 16.6 Å². The van der Waals surface area contributed by atoms with Crippen LogP contribution < -0.4 is 15.5 Å². The molecule has 0 aliphatic heterocycles. The molecule has 0 saturated carbocycles. The maximum absolute atomic E-state index is 6.33. The van der Waals surface area contributed by atoms with Gasteiger partial charge in [-0.3, -0.25) is 0 Å². The van der Waals surface area contributed by atoms with E-state index in [1.165, 1.54) is 77.9 Å². The minimum absolute atomic E-state index is 0.189. The average molecular weight is 1060 g/mol. The van der Waals surface area contributed by atoms with Crippen LogP contribution in [0.3, 0.4) is 0 Å². The van der Waals surface area contributed by atoms with Crippen molar-refractivity contribution >= 4 is 35.2 Å². The topological polar surface area (TPSA) is 17.4 Å². The summed E-state index contributed by atoms with van der Waals surface area (Å²) < 4.78 is 9.03. The highest BCUT2D eigenvalue weighted by Crippen LogP contribution is 2.59. The summed E-state index contributed by atoms with van der Waals surface area (Å²) in [6.07, 6.45) is 63.1. The van der Waals surface area contributed by atoms with Gasteiger partial charge in [-0.2, -0.15) is 0 Å². The standard InChI is InChI=1S/C78H78N2O/c1-4-56-28-32-60(33-29-56)62-38-48-76-72(51-62)73-52-63(39-49-77(73)80(76)65-24-13-8-14-25-65)61-36-42-67(43-37-61)79(66-40-34-59(35-41-66)58-20-9-6-10-21-58)68-44-47-71-70-26-15-16-27-74(70)78(75(71)53-68,64-22-11-7-12-23-64)50-18-17-19-55(3)54-81-69-45-30-57(5-2)31-46-69/h4-16,20-24,26-30,32,34,36-37,40-48,51-53,55,57,59-60,62,65,70,74H,1-2,17-19,25,31,33,35,38-39,49-50,54H2,3H3.